The van der Waals surface area contributed by atoms with E-state index in [9.17, 15) is 0 Å². The van der Waals surface area contributed by atoms with E-state index in [0.717, 1.165) is 0 Å². The minimum atomic E-state index is -0.232. The Kier molecular flexibility index (Phi) is 4.44. The van der Waals surface area contributed by atoms with Gasteiger partial charge in [-0.1, -0.05) is 12.1 Å². The molecule has 4 heteroatoms. The number of aliphatic hydroxyl groups is 1. The standard InChI is InChI=1S/C5H10ClNO2/c1-4(2-6)5(3-8)7-9/h4,8-9H,2-3H2,1H3. The Morgan fingerprint density at radius 2 is 2.33 bits per heavy atom. The molecule has 0 aromatic carbocycles. The van der Waals surface area contributed by atoms with Crippen molar-refractivity contribution in [2.24, 2.45) is 11.1 Å². The van der Waals surface area contributed by atoms with E-state index in [0.29, 0.717) is 11.6 Å². The van der Waals surface area contributed by atoms with Gasteiger partial charge in [0, 0.05) is 11.8 Å². The van der Waals surface area contributed by atoms with Crippen LogP contribution in [0.15, 0.2) is 5.16 Å². The molecule has 0 amide bonds. The number of hydrogen-bond donors (Lipinski definition) is 2. The van der Waals surface area contributed by atoms with Gasteiger partial charge in [-0.2, -0.15) is 0 Å². The molecule has 0 fully saturated rings. The van der Waals surface area contributed by atoms with E-state index in [-0.39, 0.29) is 12.5 Å². The molecule has 0 aromatic rings. The third-order valence-corrected chi connectivity index (χ3v) is 1.55. The number of alkyl halides is 1. The minimum Gasteiger partial charge on any atom is -0.411 e. The first-order valence-corrected chi connectivity index (χ1v) is 3.17. The lowest BCUT2D eigenvalue weighted by molar-refractivity contribution is 0.297. The van der Waals surface area contributed by atoms with Gasteiger partial charge in [-0.3, -0.25) is 0 Å². The molecule has 3 nitrogen and oxygen atoms in total. The zero-order chi connectivity index (χ0) is 7.28. The zero-order valence-corrected chi connectivity index (χ0v) is 5.97. The highest BCUT2D eigenvalue weighted by Crippen LogP contribution is 2.00. The fourth-order valence-corrected chi connectivity index (χ4v) is 0.553. The monoisotopic (exact) mass is 151 g/mol. The lowest BCUT2D eigenvalue weighted by atomic mass is 10.1. The van der Waals surface area contributed by atoms with E-state index in [1.54, 1.807) is 6.92 Å². The number of rotatable bonds is 3. The van der Waals surface area contributed by atoms with E-state index >= 15 is 0 Å². The molecule has 0 saturated carbocycles. The summed E-state index contributed by atoms with van der Waals surface area (Å²) >= 11 is 5.40. The Morgan fingerprint density at radius 3 is 2.44 bits per heavy atom. The van der Waals surface area contributed by atoms with Crippen LogP contribution in [-0.4, -0.2) is 28.5 Å². The van der Waals surface area contributed by atoms with Gasteiger partial charge >= 0.3 is 0 Å². The number of aliphatic hydroxyl groups excluding tert-OH is 1. The predicted octanol–water partition coefficient (Wildman–Crippen LogP) is 0.684. The molecule has 0 rings (SSSR count). The molecule has 0 spiro atoms. The Labute approximate surface area is 58.9 Å². The summed E-state index contributed by atoms with van der Waals surface area (Å²) in [4.78, 5) is 0. The largest absolute Gasteiger partial charge is 0.411 e. The van der Waals surface area contributed by atoms with Crippen LogP contribution in [0.3, 0.4) is 0 Å². The van der Waals surface area contributed by atoms with Crippen LogP contribution in [-0.2, 0) is 0 Å². The molecular formula is C5H10ClNO2. The first kappa shape index (κ1) is 8.72. The molecule has 54 valence electrons. The summed E-state index contributed by atoms with van der Waals surface area (Å²) in [7, 11) is 0. The van der Waals surface area contributed by atoms with E-state index in [2.05, 4.69) is 5.16 Å². The molecule has 9 heavy (non-hydrogen) atoms. The third kappa shape index (κ3) is 2.67. The lowest BCUT2D eigenvalue weighted by Crippen LogP contribution is -2.16. The molecule has 0 saturated heterocycles. The maximum Gasteiger partial charge on any atom is 0.0864 e. The highest BCUT2D eigenvalue weighted by molar-refractivity contribution is 6.19. The van der Waals surface area contributed by atoms with Gasteiger partial charge in [0.25, 0.3) is 0 Å². The molecule has 0 aliphatic heterocycles. The van der Waals surface area contributed by atoms with Crippen molar-refractivity contribution < 1.29 is 10.3 Å². The second-order valence-electron chi connectivity index (χ2n) is 1.80. The Hall–Kier alpha value is -0.280. The van der Waals surface area contributed by atoms with Gasteiger partial charge in [-0.25, -0.2) is 0 Å². The first-order chi connectivity index (χ1) is 4.26. The molecule has 1 unspecified atom stereocenters. The molecule has 0 bridgehead atoms. The Balaban J connectivity index is 3.80. The van der Waals surface area contributed by atoms with Crippen molar-refractivity contribution >= 4 is 17.3 Å². The Morgan fingerprint density at radius 1 is 1.78 bits per heavy atom. The van der Waals surface area contributed by atoms with Gasteiger partial charge in [-0.05, 0) is 0 Å². The van der Waals surface area contributed by atoms with Crippen molar-refractivity contribution in [2.45, 2.75) is 6.92 Å². The second-order valence-corrected chi connectivity index (χ2v) is 2.11. The average molecular weight is 152 g/mol. The van der Waals surface area contributed by atoms with Gasteiger partial charge in [-0.15, -0.1) is 11.6 Å². The molecular weight excluding hydrogens is 142 g/mol. The highest BCUT2D eigenvalue weighted by atomic mass is 35.5. The number of hydrogen-bond acceptors (Lipinski definition) is 3. The molecule has 0 aliphatic carbocycles. The van der Waals surface area contributed by atoms with Gasteiger partial charge in [0.2, 0.25) is 0 Å². The summed E-state index contributed by atoms with van der Waals surface area (Å²) in [5, 5.41) is 19.5. The summed E-state index contributed by atoms with van der Waals surface area (Å²) in [6, 6.07) is 0. The predicted molar refractivity (Wildman–Crippen MR) is 36.2 cm³/mol. The maximum atomic E-state index is 8.48. The summed E-state index contributed by atoms with van der Waals surface area (Å²) in [6.45, 7) is 1.54. The van der Waals surface area contributed by atoms with Crippen molar-refractivity contribution in [3.63, 3.8) is 0 Å². The maximum absolute atomic E-state index is 8.48. The van der Waals surface area contributed by atoms with Gasteiger partial charge in [0.15, 0.2) is 0 Å². The van der Waals surface area contributed by atoms with Gasteiger partial charge in [0.1, 0.15) is 0 Å². The van der Waals surface area contributed by atoms with Crippen molar-refractivity contribution in [3.05, 3.63) is 0 Å². The van der Waals surface area contributed by atoms with Crippen LogP contribution in [0.25, 0.3) is 0 Å². The average Bonchev–Trinajstić information content (AvgIpc) is 1.90. The fraction of sp³-hybridized carbons (Fsp3) is 0.800. The summed E-state index contributed by atoms with van der Waals surface area (Å²) in [6.07, 6.45) is 0. The van der Waals surface area contributed by atoms with E-state index in [1.165, 1.54) is 0 Å². The molecule has 1 atom stereocenters. The number of nitrogens with zero attached hydrogens (tertiary/aromatic N) is 1. The smallest absolute Gasteiger partial charge is 0.0864 e. The summed E-state index contributed by atoms with van der Waals surface area (Å²) in [5.41, 5.74) is 0.324. The minimum absolute atomic E-state index is 0.0540. The Bertz CT molecular complexity index is 105. The van der Waals surface area contributed by atoms with Crippen LogP contribution >= 0.6 is 11.6 Å². The molecule has 0 aromatic heterocycles. The van der Waals surface area contributed by atoms with Crippen molar-refractivity contribution in [1.82, 2.24) is 0 Å². The van der Waals surface area contributed by atoms with Crippen LogP contribution in [0.1, 0.15) is 6.92 Å². The quantitative estimate of drug-likeness (QED) is 0.270. The molecule has 0 heterocycles. The molecule has 0 radical (unpaired) electrons. The van der Waals surface area contributed by atoms with Crippen molar-refractivity contribution in [3.8, 4) is 0 Å². The van der Waals surface area contributed by atoms with Crippen LogP contribution in [0.2, 0.25) is 0 Å². The summed E-state index contributed by atoms with van der Waals surface area (Å²) in [5.74, 6) is 0.307. The van der Waals surface area contributed by atoms with Gasteiger partial charge in [0.05, 0.1) is 12.3 Å². The van der Waals surface area contributed by atoms with Gasteiger partial charge < -0.3 is 10.3 Å². The highest BCUT2D eigenvalue weighted by Gasteiger charge is 2.07. The zero-order valence-electron chi connectivity index (χ0n) is 5.21. The number of oxime groups is 1. The fourth-order valence-electron chi connectivity index (χ4n) is 0.375. The lowest BCUT2D eigenvalue weighted by Gasteiger charge is -2.04. The van der Waals surface area contributed by atoms with E-state index < -0.39 is 0 Å². The van der Waals surface area contributed by atoms with Crippen LogP contribution in [0.4, 0.5) is 0 Å². The van der Waals surface area contributed by atoms with E-state index in [1.807, 2.05) is 0 Å². The topological polar surface area (TPSA) is 52.8 Å². The van der Waals surface area contributed by atoms with E-state index in [4.69, 9.17) is 21.9 Å². The third-order valence-electron chi connectivity index (χ3n) is 1.09. The van der Waals surface area contributed by atoms with Crippen LogP contribution in [0, 0.1) is 5.92 Å². The van der Waals surface area contributed by atoms with Crippen molar-refractivity contribution in [1.29, 1.82) is 0 Å². The summed E-state index contributed by atoms with van der Waals surface area (Å²) < 4.78 is 0. The molecule has 2 N–H and O–H groups in total. The van der Waals surface area contributed by atoms with Crippen LogP contribution in [0.5, 0.6) is 0 Å². The SMILES string of the molecule is CC(CCl)C(CO)=NO. The number of halogens is 1. The normalized spacial score (nSPS) is 15.7. The van der Waals surface area contributed by atoms with Crippen molar-refractivity contribution in [2.75, 3.05) is 12.5 Å². The van der Waals surface area contributed by atoms with Crippen LogP contribution < -0.4 is 0 Å². The molecule has 0 aliphatic rings. The second kappa shape index (κ2) is 4.58. The first-order valence-electron chi connectivity index (χ1n) is 2.63.